The van der Waals surface area contributed by atoms with Crippen LogP contribution < -0.4 is 4.65 Å². The van der Waals surface area contributed by atoms with Crippen molar-refractivity contribution >= 4 is 7.69 Å². The molecule has 11 heavy (non-hydrogen) atoms. The van der Waals surface area contributed by atoms with Crippen molar-refractivity contribution in [1.29, 1.82) is 0 Å². The van der Waals surface area contributed by atoms with Crippen molar-refractivity contribution in [3.63, 3.8) is 0 Å². The average molecular weight is 149 g/mol. The molecule has 0 amide bonds. The van der Waals surface area contributed by atoms with E-state index in [0.29, 0.717) is 7.69 Å². The summed E-state index contributed by atoms with van der Waals surface area (Å²) < 4.78 is 4.90. The van der Waals surface area contributed by atoms with Gasteiger partial charge in [0.1, 0.15) is 5.75 Å². The SMILES string of the molecule is Cc1cccc(C)c1O[B]O. The highest BCUT2D eigenvalue weighted by Gasteiger charge is 2.01. The molecule has 0 fully saturated rings. The molecule has 1 N–H and O–H groups in total. The van der Waals surface area contributed by atoms with Gasteiger partial charge in [0.05, 0.1) is 0 Å². The van der Waals surface area contributed by atoms with E-state index in [-0.39, 0.29) is 0 Å². The van der Waals surface area contributed by atoms with Crippen LogP contribution in [0.15, 0.2) is 18.2 Å². The molecule has 3 heteroatoms. The molecule has 0 atom stereocenters. The van der Waals surface area contributed by atoms with Crippen LogP contribution in [0.3, 0.4) is 0 Å². The van der Waals surface area contributed by atoms with Crippen molar-refractivity contribution in [3.8, 4) is 5.75 Å². The molecule has 1 aromatic rings. The Morgan fingerprint density at radius 3 is 2.27 bits per heavy atom. The predicted octanol–water partition coefficient (Wildman–Crippen LogP) is 1.21. The minimum Gasteiger partial charge on any atom is -0.537 e. The van der Waals surface area contributed by atoms with Crippen LogP contribution in [-0.4, -0.2) is 12.7 Å². The molecule has 0 aliphatic carbocycles. The molecule has 1 radical (unpaired) electrons. The molecule has 1 rings (SSSR count). The fourth-order valence-electron chi connectivity index (χ4n) is 1.04. The zero-order valence-corrected chi connectivity index (χ0v) is 6.66. The molecule has 0 spiro atoms. The molecule has 0 bridgehead atoms. The Balaban J connectivity index is 3.00. The van der Waals surface area contributed by atoms with Crippen LogP contribution in [0.4, 0.5) is 0 Å². The summed E-state index contributed by atoms with van der Waals surface area (Å²) in [6.45, 7) is 3.87. The Kier molecular flexibility index (Phi) is 2.55. The first kappa shape index (κ1) is 8.14. The summed E-state index contributed by atoms with van der Waals surface area (Å²) in [5.74, 6) is 0.731. The second-order valence-corrected chi connectivity index (χ2v) is 2.44. The van der Waals surface area contributed by atoms with E-state index in [0.717, 1.165) is 16.9 Å². The second kappa shape index (κ2) is 3.44. The minimum absolute atomic E-state index is 0.704. The molecule has 0 heterocycles. The van der Waals surface area contributed by atoms with Gasteiger partial charge in [-0.15, -0.1) is 0 Å². The normalized spacial score (nSPS) is 9.36. The van der Waals surface area contributed by atoms with Gasteiger partial charge >= 0.3 is 7.69 Å². The number of benzene rings is 1. The maximum absolute atomic E-state index is 8.42. The van der Waals surface area contributed by atoms with Crippen molar-refractivity contribution in [2.24, 2.45) is 0 Å². The van der Waals surface area contributed by atoms with Gasteiger partial charge in [-0.1, -0.05) is 18.2 Å². The minimum atomic E-state index is 0.704. The monoisotopic (exact) mass is 149 g/mol. The van der Waals surface area contributed by atoms with E-state index in [1.807, 2.05) is 32.0 Å². The summed E-state index contributed by atoms with van der Waals surface area (Å²) >= 11 is 0. The highest BCUT2D eigenvalue weighted by Crippen LogP contribution is 2.21. The van der Waals surface area contributed by atoms with Crippen LogP contribution >= 0.6 is 0 Å². The first-order chi connectivity index (χ1) is 5.25. The lowest BCUT2D eigenvalue weighted by Crippen LogP contribution is -2.02. The van der Waals surface area contributed by atoms with Gasteiger partial charge in [0.2, 0.25) is 0 Å². The second-order valence-electron chi connectivity index (χ2n) is 2.44. The van der Waals surface area contributed by atoms with E-state index in [4.69, 9.17) is 9.68 Å². The highest BCUT2D eigenvalue weighted by molar-refractivity contribution is 6.17. The topological polar surface area (TPSA) is 29.5 Å². The summed E-state index contributed by atoms with van der Waals surface area (Å²) in [4.78, 5) is 0. The Hall–Kier alpha value is -0.955. The fourth-order valence-corrected chi connectivity index (χ4v) is 1.04. The lowest BCUT2D eigenvalue weighted by molar-refractivity contribution is 0.450. The lowest BCUT2D eigenvalue weighted by atomic mass is 10.1. The maximum atomic E-state index is 8.42. The van der Waals surface area contributed by atoms with Crippen LogP contribution in [0.25, 0.3) is 0 Å². The largest absolute Gasteiger partial charge is 0.569 e. The number of para-hydroxylation sites is 1. The van der Waals surface area contributed by atoms with Gasteiger partial charge in [-0.3, -0.25) is 0 Å². The molecular weight excluding hydrogens is 139 g/mol. The molecule has 2 nitrogen and oxygen atoms in total. The third-order valence-corrected chi connectivity index (χ3v) is 1.58. The van der Waals surface area contributed by atoms with Gasteiger partial charge in [-0.25, -0.2) is 0 Å². The highest BCUT2D eigenvalue weighted by atomic mass is 16.5. The van der Waals surface area contributed by atoms with E-state index >= 15 is 0 Å². The molecule has 0 aliphatic rings. The smallest absolute Gasteiger partial charge is 0.537 e. The Morgan fingerprint density at radius 2 is 1.82 bits per heavy atom. The molecule has 0 aliphatic heterocycles. The Morgan fingerprint density at radius 1 is 1.27 bits per heavy atom. The standard InChI is InChI=1S/C8H10BO2/c1-6-4-3-5-7(2)8(6)11-9-10/h3-5,10H,1-2H3. The first-order valence-electron chi connectivity index (χ1n) is 3.44. The zero-order chi connectivity index (χ0) is 8.27. The van der Waals surface area contributed by atoms with Crippen molar-refractivity contribution < 1.29 is 9.68 Å². The van der Waals surface area contributed by atoms with Gasteiger partial charge in [0.15, 0.2) is 0 Å². The van der Waals surface area contributed by atoms with Crippen LogP contribution in [0, 0.1) is 13.8 Å². The predicted molar refractivity (Wildman–Crippen MR) is 44.5 cm³/mol. The molecule has 0 aromatic heterocycles. The molecular formula is C8H10BO2. The summed E-state index contributed by atoms with van der Waals surface area (Å²) in [6.07, 6.45) is 0. The maximum Gasteiger partial charge on any atom is 0.569 e. The van der Waals surface area contributed by atoms with Crippen LogP contribution in [-0.2, 0) is 0 Å². The van der Waals surface area contributed by atoms with Crippen LogP contribution in [0.5, 0.6) is 5.75 Å². The summed E-state index contributed by atoms with van der Waals surface area (Å²) in [7, 11) is 0.704. The van der Waals surface area contributed by atoms with Gasteiger partial charge in [0, 0.05) is 0 Å². The number of rotatable bonds is 2. The first-order valence-corrected chi connectivity index (χ1v) is 3.44. The van der Waals surface area contributed by atoms with Gasteiger partial charge < -0.3 is 9.68 Å². The molecule has 0 saturated heterocycles. The van der Waals surface area contributed by atoms with Crippen molar-refractivity contribution in [2.75, 3.05) is 0 Å². The van der Waals surface area contributed by atoms with Crippen molar-refractivity contribution in [1.82, 2.24) is 0 Å². The van der Waals surface area contributed by atoms with E-state index in [2.05, 4.69) is 0 Å². The Labute approximate surface area is 67.1 Å². The van der Waals surface area contributed by atoms with E-state index < -0.39 is 0 Å². The number of aryl methyl sites for hydroxylation is 2. The third-order valence-electron chi connectivity index (χ3n) is 1.58. The zero-order valence-electron chi connectivity index (χ0n) is 6.66. The van der Waals surface area contributed by atoms with Gasteiger partial charge in [0.25, 0.3) is 0 Å². The summed E-state index contributed by atoms with van der Waals surface area (Å²) in [6, 6.07) is 5.83. The summed E-state index contributed by atoms with van der Waals surface area (Å²) in [5.41, 5.74) is 2.05. The number of hydrogen-bond acceptors (Lipinski definition) is 2. The van der Waals surface area contributed by atoms with Gasteiger partial charge in [-0.2, -0.15) is 0 Å². The molecule has 0 unspecified atom stereocenters. The van der Waals surface area contributed by atoms with Crippen LogP contribution in [0.2, 0.25) is 0 Å². The molecule has 0 saturated carbocycles. The van der Waals surface area contributed by atoms with Crippen LogP contribution in [0.1, 0.15) is 11.1 Å². The van der Waals surface area contributed by atoms with Crippen molar-refractivity contribution in [2.45, 2.75) is 13.8 Å². The number of hydrogen-bond donors (Lipinski definition) is 1. The molecule has 57 valence electrons. The van der Waals surface area contributed by atoms with E-state index in [9.17, 15) is 0 Å². The molecule has 1 aromatic carbocycles. The van der Waals surface area contributed by atoms with Gasteiger partial charge in [-0.05, 0) is 25.0 Å². The lowest BCUT2D eigenvalue weighted by Gasteiger charge is -2.07. The average Bonchev–Trinajstić information content (AvgIpc) is 1.97. The quantitative estimate of drug-likeness (QED) is 0.640. The van der Waals surface area contributed by atoms with Crippen molar-refractivity contribution in [3.05, 3.63) is 29.3 Å². The van der Waals surface area contributed by atoms with E-state index in [1.165, 1.54) is 0 Å². The van der Waals surface area contributed by atoms with E-state index in [1.54, 1.807) is 0 Å². The third kappa shape index (κ3) is 1.74. The summed E-state index contributed by atoms with van der Waals surface area (Å²) in [5, 5.41) is 8.42. The fraction of sp³-hybridized carbons (Fsp3) is 0.250. The Bertz CT molecular complexity index is 228.